The molecule has 1 fully saturated rings. The Morgan fingerprint density at radius 1 is 1.19 bits per heavy atom. The van der Waals surface area contributed by atoms with Crippen LogP contribution in [-0.2, 0) is 11.3 Å². The zero-order valence-corrected chi connectivity index (χ0v) is 12.6. The van der Waals surface area contributed by atoms with Crippen LogP contribution >= 0.6 is 0 Å². The zero-order chi connectivity index (χ0) is 14.5. The van der Waals surface area contributed by atoms with Crippen LogP contribution in [0.5, 0.6) is 0 Å². The number of ether oxygens (including phenoxy) is 1. The number of nitrogens with zero attached hydrogens (tertiary/aromatic N) is 1. The molecule has 116 valence electrons. The topological polar surface area (TPSA) is 44.7 Å². The number of likely N-dealkylation sites (tertiary alicyclic amines) is 1. The van der Waals surface area contributed by atoms with Crippen molar-refractivity contribution in [1.82, 2.24) is 10.2 Å². The van der Waals surface area contributed by atoms with Crippen LogP contribution in [0.1, 0.15) is 36.4 Å². The van der Waals surface area contributed by atoms with Gasteiger partial charge in [-0.15, -0.1) is 0 Å². The molecule has 4 nitrogen and oxygen atoms in total. The monoisotopic (exact) mass is 290 g/mol. The molecular formula is C17H26N2O2. The first-order valence-corrected chi connectivity index (χ1v) is 8.13. The average Bonchev–Trinajstić information content (AvgIpc) is 2.76. The smallest absolute Gasteiger partial charge is 0.0701 e. The summed E-state index contributed by atoms with van der Waals surface area (Å²) in [5, 5.41) is 12.4. The van der Waals surface area contributed by atoms with Crippen molar-refractivity contribution in [3.63, 3.8) is 0 Å². The first-order valence-electron chi connectivity index (χ1n) is 8.13. The molecule has 1 atom stereocenters. The van der Waals surface area contributed by atoms with Crippen molar-refractivity contribution >= 4 is 0 Å². The van der Waals surface area contributed by atoms with Crippen LogP contribution < -0.4 is 5.32 Å². The minimum Gasteiger partial charge on any atom is -0.394 e. The summed E-state index contributed by atoms with van der Waals surface area (Å²) < 4.78 is 5.67. The van der Waals surface area contributed by atoms with Gasteiger partial charge in [0.1, 0.15) is 0 Å². The van der Waals surface area contributed by atoms with Gasteiger partial charge in [0.2, 0.25) is 0 Å². The van der Waals surface area contributed by atoms with Gasteiger partial charge in [-0.05, 0) is 36.9 Å². The summed E-state index contributed by atoms with van der Waals surface area (Å²) in [6, 6.07) is 9.38. The standard InChI is InChI=1S/C17H26N2O2/c20-11-12-21-15-6-9-19(10-7-15)17-5-8-18-13-14-3-1-2-4-16(14)17/h1-4,15,17-18,20H,5-13H2. The molecule has 2 aliphatic rings. The van der Waals surface area contributed by atoms with E-state index in [1.807, 2.05) is 0 Å². The van der Waals surface area contributed by atoms with Crippen LogP contribution in [0.25, 0.3) is 0 Å². The Morgan fingerprint density at radius 3 is 2.81 bits per heavy atom. The molecule has 2 aliphatic heterocycles. The lowest BCUT2D eigenvalue weighted by atomic mass is 9.95. The highest BCUT2D eigenvalue weighted by Crippen LogP contribution is 2.31. The van der Waals surface area contributed by atoms with Gasteiger partial charge in [0.15, 0.2) is 0 Å². The summed E-state index contributed by atoms with van der Waals surface area (Å²) in [7, 11) is 0. The van der Waals surface area contributed by atoms with Crippen LogP contribution in [0.15, 0.2) is 24.3 Å². The highest BCUT2D eigenvalue weighted by Gasteiger charge is 2.28. The summed E-state index contributed by atoms with van der Waals surface area (Å²) in [5.41, 5.74) is 2.94. The van der Waals surface area contributed by atoms with Crippen molar-refractivity contribution in [2.45, 2.75) is 38.0 Å². The molecule has 0 aliphatic carbocycles. The SMILES string of the molecule is OCCOC1CCN(C2CCNCc3ccccc32)CC1. The largest absolute Gasteiger partial charge is 0.394 e. The van der Waals surface area contributed by atoms with E-state index in [0.717, 1.165) is 39.0 Å². The minimum atomic E-state index is 0.127. The summed E-state index contributed by atoms with van der Waals surface area (Å²) >= 11 is 0. The number of nitrogens with one attached hydrogen (secondary N) is 1. The van der Waals surface area contributed by atoms with Gasteiger partial charge in [-0.1, -0.05) is 24.3 Å². The van der Waals surface area contributed by atoms with Crippen molar-refractivity contribution in [2.75, 3.05) is 32.8 Å². The van der Waals surface area contributed by atoms with Crippen molar-refractivity contribution < 1.29 is 9.84 Å². The molecule has 21 heavy (non-hydrogen) atoms. The summed E-state index contributed by atoms with van der Waals surface area (Å²) in [6.45, 7) is 4.86. The van der Waals surface area contributed by atoms with Crippen LogP contribution in [0.3, 0.4) is 0 Å². The Labute approximate surface area is 127 Å². The molecule has 0 radical (unpaired) electrons. The predicted octanol–water partition coefficient (Wildman–Crippen LogP) is 1.69. The minimum absolute atomic E-state index is 0.127. The number of fused-ring (bicyclic) bond motifs is 1. The lowest BCUT2D eigenvalue weighted by molar-refractivity contribution is -0.0160. The maximum Gasteiger partial charge on any atom is 0.0701 e. The average molecular weight is 290 g/mol. The molecule has 2 N–H and O–H groups in total. The van der Waals surface area contributed by atoms with Gasteiger partial charge < -0.3 is 15.2 Å². The fraction of sp³-hybridized carbons (Fsp3) is 0.647. The predicted molar refractivity (Wildman–Crippen MR) is 83.1 cm³/mol. The fourth-order valence-corrected chi connectivity index (χ4v) is 3.59. The van der Waals surface area contributed by atoms with Crippen molar-refractivity contribution in [2.24, 2.45) is 0 Å². The Hall–Kier alpha value is -0.940. The molecule has 1 saturated heterocycles. The van der Waals surface area contributed by atoms with Gasteiger partial charge >= 0.3 is 0 Å². The fourth-order valence-electron chi connectivity index (χ4n) is 3.59. The number of rotatable bonds is 4. The van der Waals surface area contributed by atoms with E-state index in [1.165, 1.54) is 17.5 Å². The number of hydrogen-bond donors (Lipinski definition) is 2. The maximum atomic E-state index is 8.85. The lowest BCUT2D eigenvalue weighted by Crippen LogP contribution is -2.40. The molecule has 4 heteroatoms. The van der Waals surface area contributed by atoms with E-state index in [4.69, 9.17) is 9.84 Å². The van der Waals surface area contributed by atoms with Crippen LogP contribution in [0.4, 0.5) is 0 Å². The van der Waals surface area contributed by atoms with E-state index < -0.39 is 0 Å². The molecule has 3 rings (SSSR count). The number of piperidine rings is 1. The van der Waals surface area contributed by atoms with Crippen molar-refractivity contribution in [3.05, 3.63) is 35.4 Å². The third-order valence-corrected chi connectivity index (χ3v) is 4.69. The third kappa shape index (κ3) is 3.64. The second kappa shape index (κ2) is 7.36. The van der Waals surface area contributed by atoms with E-state index in [0.29, 0.717) is 18.8 Å². The van der Waals surface area contributed by atoms with Gasteiger partial charge in [-0.2, -0.15) is 0 Å². The Bertz CT molecular complexity index is 444. The molecule has 0 bridgehead atoms. The Balaban J connectivity index is 1.65. The molecule has 2 heterocycles. The molecular weight excluding hydrogens is 264 g/mol. The molecule has 0 saturated carbocycles. The molecule has 0 aromatic heterocycles. The lowest BCUT2D eigenvalue weighted by Gasteiger charge is -2.37. The normalized spacial score (nSPS) is 24.5. The van der Waals surface area contributed by atoms with Crippen molar-refractivity contribution in [3.8, 4) is 0 Å². The van der Waals surface area contributed by atoms with Gasteiger partial charge in [-0.3, -0.25) is 4.90 Å². The summed E-state index contributed by atoms with van der Waals surface area (Å²) in [4.78, 5) is 2.62. The van der Waals surface area contributed by atoms with Gasteiger partial charge in [0.05, 0.1) is 19.3 Å². The summed E-state index contributed by atoms with van der Waals surface area (Å²) in [5.74, 6) is 0. The Morgan fingerprint density at radius 2 is 2.00 bits per heavy atom. The number of aliphatic hydroxyl groups excluding tert-OH is 1. The van der Waals surface area contributed by atoms with E-state index in [9.17, 15) is 0 Å². The number of benzene rings is 1. The maximum absolute atomic E-state index is 8.85. The van der Waals surface area contributed by atoms with Crippen molar-refractivity contribution in [1.29, 1.82) is 0 Å². The van der Waals surface area contributed by atoms with Gasteiger partial charge in [0.25, 0.3) is 0 Å². The molecule has 1 aromatic rings. The molecule has 0 spiro atoms. The van der Waals surface area contributed by atoms with Gasteiger partial charge in [0, 0.05) is 25.7 Å². The Kier molecular flexibility index (Phi) is 5.25. The van der Waals surface area contributed by atoms with E-state index in [-0.39, 0.29) is 6.61 Å². The van der Waals surface area contributed by atoms with Crippen LogP contribution in [-0.4, -0.2) is 49.0 Å². The number of aliphatic hydroxyl groups is 1. The van der Waals surface area contributed by atoms with Gasteiger partial charge in [-0.25, -0.2) is 0 Å². The molecule has 1 aromatic carbocycles. The zero-order valence-electron chi connectivity index (χ0n) is 12.6. The summed E-state index contributed by atoms with van der Waals surface area (Å²) in [6.07, 6.45) is 3.66. The van der Waals surface area contributed by atoms with E-state index >= 15 is 0 Å². The first-order chi connectivity index (χ1) is 10.4. The van der Waals surface area contributed by atoms with Crippen LogP contribution in [0.2, 0.25) is 0 Å². The first kappa shape index (κ1) is 15.0. The number of hydrogen-bond acceptors (Lipinski definition) is 4. The second-order valence-corrected chi connectivity index (χ2v) is 6.01. The molecule has 1 unspecified atom stereocenters. The highest BCUT2D eigenvalue weighted by molar-refractivity contribution is 5.31. The third-order valence-electron chi connectivity index (χ3n) is 4.69. The second-order valence-electron chi connectivity index (χ2n) is 6.01. The van der Waals surface area contributed by atoms with E-state index in [1.54, 1.807) is 0 Å². The van der Waals surface area contributed by atoms with E-state index in [2.05, 4.69) is 34.5 Å². The van der Waals surface area contributed by atoms with Crippen LogP contribution in [0, 0.1) is 0 Å². The quantitative estimate of drug-likeness (QED) is 0.886. The molecule has 0 amide bonds. The highest BCUT2D eigenvalue weighted by atomic mass is 16.5.